The number of carbonyl (C=O) groups excluding carboxylic acids is 1. The molecule has 1 N–H and O–H groups in total. The molecule has 146 valence electrons. The molecule has 0 bridgehead atoms. The lowest BCUT2D eigenvalue weighted by Gasteiger charge is -2.20. The summed E-state index contributed by atoms with van der Waals surface area (Å²) < 4.78 is 11.2. The third kappa shape index (κ3) is 8.11. The summed E-state index contributed by atoms with van der Waals surface area (Å²) in [6, 6.07) is 7.79. The zero-order chi connectivity index (χ0) is 18.5. The molecule has 1 aliphatic carbocycles. The second-order valence-electron chi connectivity index (χ2n) is 7.19. The molecule has 4 heteroatoms. The molecule has 0 unspecified atom stereocenters. The fourth-order valence-electron chi connectivity index (χ4n) is 3.56. The van der Waals surface area contributed by atoms with Gasteiger partial charge in [-0.15, -0.1) is 0 Å². The molecular weight excluding hydrogens is 326 g/mol. The Hall–Kier alpha value is -1.71. The van der Waals surface area contributed by atoms with Gasteiger partial charge in [0.15, 0.2) is 18.1 Å². The average Bonchev–Trinajstić information content (AvgIpc) is 2.63. The van der Waals surface area contributed by atoms with E-state index in [-0.39, 0.29) is 18.6 Å². The maximum atomic E-state index is 12.4. The second kappa shape index (κ2) is 12.6. The van der Waals surface area contributed by atoms with Crippen molar-refractivity contribution in [1.82, 2.24) is 5.32 Å². The van der Waals surface area contributed by atoms with E-state index in [0.29, 0.717) is 18.1 Å². The van der Waals surface area contributed by atoms with Gasteiger partial charge in [-0.05, 0) is 31.9 Å². The van der Waals surface area contributed by atoms with Crippen molar-refractivity contribution in [3.8, 4) is 11.5 Å². The monoisotopic (exact) mass is 361 g/mol. The minimum absolute atomic E-state index is 0.0339. The Morgan fingerprint density at radius 3 is 1.92 bits per heavy atom. The van der Waals surface area contributed by atoms with Crippen molar-refractivity contribution >= 4 is 5.91 Å². The van der Waals surface area contributed by atoms with Crippen molar-refractivity contribution < 1.29 is 14.3 Å². The van der Waals surface area contributed by atoms with Gasteiger partial charge >= 0.3 is 0 Å². The highest BCUT2D eigenvalue weighted by atomic mass is 16.5. The molecular formula is C22H35NO3. The normalized spacial score (nSPS) is 17.6. The van der Waals surface area contributed by atoms with Gasteiger partial charge in [-0.1, -0.05) is 69.9 Å². The van der Waals surface area contributed by atoms with E-state index in [2.05, 4.69) is 5.32 Å². The van der Waals surface area contributed by atoms with Gasteiger partial charge in [0.1, 0.15) is 0 Å². The highest BCUT2D eigenvalue weighted by Gasteiger charge is 2.14. The first kappa shape index (κ1) is 20.6. The lowest BCUT2D eigenvalue weighted by molar-refractivity contribution is -0.123. The summed E-state index contributed by atoms with van der Waals surface area (Å²) in [6.45, 7) is 2.56. The first-order valence-corrected chi connectivity index (χ1v) is 10.4. The van der Waals surface area contributed by atoms with Crippen LogP contribution in [0, 0.1) is 0 Å². The number of carbonyl (C=O) groups is 1. The predicted octanol–water partition coefficient (Wildman–Crippen LogP) is 5.25. The zero-order valence-electron chi connectivity index (χ0n) is 16.3. The van der Waals surface area contributed by atoms with Gasteiger partial charge in [0.2, 0.25) is 0 Å². The van der Waals surface area contributed by atoms with Crippen LogP contribution in [0.15, 0.2) is 24.3 Å². The van der Waals surface area contributed by atoms with E-state index in [1.807, 2.05) is 31.2 Å². The molecule has 0 spiro atoms. The van der Waals surface area contributed by atoms with E-state index in [1.54, 1.807) is 0 Å². The van der Waals surface area contributed by atoms with Crippen LogP contribution in [-0.2, 0) is 4.79 Å². The molecule has 1 amide bonds. The van der Waals surface area contributed by atoms with Gasteiger partial charge in [-0.2, -0.15) is 0 Å². The van der Waals surface area contributed by atoms with Crippen LogP contribution in [0.25, 0.3) is 0 Å². The largest absolute Gasteiger partial charge is 0.490 e. The molecule has 0 heterocycles. The highest BCUT2D eigenvalue weighted by Crippen LogP contribution is 2.26. The number of amides is 1. The van der Waals surface area contributed by atoms with Gasteiger partial charge in [0.05, 0.1) is 6.61 Å². The molecule has 26 heavy (non-hydrogen) atoms. The SMILES string of the molecule is CCOc1ccccc1OCC(=O)NC1CCCCCCCCCCC1. The molecule has 1 saturated carbocycles. The van der Waals surface area contributed by atoms with Gasteiger partial charge in [-0.3, -0.25) is 4.79 Å². The molecule has 2 rings (SSSR count). The van der Waals surface area contributed by atoms with Crippen molar-refractivity contribution in [3.63, 3.8) is 0 Å². The summed E-state index contributed by atoms with van der Waals surface area (Å²) in [7, 11) is 0. The highest BCUT2D eigenvalue weighted by molar-refractivity contribution is 5.77. The van der Waals surface area contributed by atoms with E-state index in [9.17, 15) is 4.79 Å². The van der Waals surface area contributed by atoms with Crippen LogP contribution in [0.2, 0.25) is 0 Å². The fraction of sp³-hybridized carbons (Fsp3) is 0.682. The van der Waals surface area contributed by atoms with Crippen LogP contribution in [-0.4, -0.2) is 25.2 Å². The molecule has 0 saturated heterocycles. The number of nitrogens with one attached hydrogen (secondary N) is 1. The first-order chi connectivity index (χ1) is 12.8. The molecule has 0 aliphatic heterocycles. The predicted molar refractivity (Wildman–Crippen MR) is 106 cm³/mol. The lowest BCUT2D eigenvalue weighted by Crippen LogP contribution is -2.38. The quantitative estimate of drug-likeness (QED) is 0.752. The third-order valence-electron chi connectivity index (χ3n) is 4.98. The fourth-order valence-corrected chi connectivity index (χ4v) is 3.56. The van der Waals surface area contributed by atoms with Gasteiger partial charge in [-0.25, -0.2) is 0 Å². The van der Waals surface area contributed by atoms with E-state index in [0.717, 1.165) is 12.8 Å². The molecule has 1 aromatic rings. The topological polar surface area (TPSA) is 47.6 Å². The molecule has 4 nitrogen and oxygen atoms in total. The number of ether oxygens (including phenoxy) is 2. The van der Waals surface area contributed by atoms with Crippen LogP contribution in [0.1, 0.15) is 77.6 Å². The van der Waals surface area contributed by atoms with Crippen molar-refractivity contribution in [3.05, 3.63) is 24.3 Å². The molecule has 0 aromatic heterocycles. The Labute approximate surface area is 158 Å². The number of benzene rings is 1. The number of hydrogen-bond donors (Lipinski definition) is 1. The van der Waals surface area contributed by atoms with E-state index in [1.165, 1.54) is 57.8 Å². The van der Waals surface area contributed by atoms with Gasteiger partial charge < -0.3 is 14.8 Å². The summed E-state index contributed by atoms with van der Waals surface area (Å²) in [5.74, 6) is 1.28. The molecule has 1 aliphatic rings. The van der Waals surface area contributed by atoms with Crippen LogP contribution in [0.4, 0.5) is 0 Å². The first-order valence-electron chi connectivity index (χ1n) is 10.4. The van der Waals surface area contributed by atoms with Crippen LogP contribution < -0.4 is 14.8 Å². The number of hydrogen-bond acceptors (Lipinski definition) is 3. The summed E-state index contributed by atoms with van der Waals surface area (Å²) in [6.07, 6.45) is 13.9. The standard InChI is InChI=1S/C22H35NO3/c1-2-25-20-16-12-13-17-21(20)26-18-22(24)23-19-14-10-8-6-4-3-5-7-9-11-15-19/h12-13,16-17,19H,2-11,14-15,18H2,1H3,(H,23,24). The Morgan fingerprint density at radius 2 is 1.38 bits per heavy atom. The van der Waals surface area contributed by atoms with Crippen LogP contribution in [0.3, 0.4) is 0 Å². The Morgan fingerprint density at radius 1 is 0.885 bits per heavy atom. The Balaban J connectivity index is 1.78. The summed E-state index contributed by atoms with van der Waals surface area (Å²) in [4.78, 5) is 12.4. The van der Waals surface area contributed by atoms with Crippen molar-refractivity contribution in [2.75, 3.05) is 13.2 Å². The Bertz CT molecular complexity index is 506. The van der Waals surface area contributed by atoms with E-state index >= 15 is 0 Å². The summed E-state index contributed by atoms with van der Waals surface area (Å²) >= 11 is 0. The summed E-state index contributed by atoms with van der Waals surface area (Å²) in [5, 5.41) is 3.19. The van der Waals surface area contributed by atoms with Crippen molar-refractivity contribution in [2.45, 2.75) is 83.6 Å². The smallest absolute Gasteiger partial charge is 0.258 e. The molecule has 1 fully saturated rings. The van der Waals surface area contributed by atoms with Crippen LogP contribution >= 0.6 is 0 Å². The maximum absolute atomic E-state index is 12.4. The maximum Gasteiger partial charge on any atom is 0.258 e. The van der Waals surface area contributed by atoms with Crippen molar-refractivity contribution in [2.24, 2.45) is 0 Å². The number of para-hydroxylation sites is 2. The third-order valence-corrected chi connectivity index (χ3v) is 4.98. The minimum Gasteiger partial charge on any atom is -0.490 e. The second-order valence-corrected chi connectivity index (χ2v) is 7.19. The van der Waals surface area contributed by atoms with Gasteiger partial charge in [0.25, 0.3) is 5.91 Å². The van der Waals surface area contributed by atoms with Crippen molar-refractivity contribution in [1.29, 1.82) is 0 Å². The van der Waals surface area contributed by atoms with Crippen LogP contribution in [0.5, 0.6) is 11.5 Å². The molecule has 1 aromatic carbocycles. The molecule has 0 atom stereocenters. The molecule has 0 radical (unpaired) electrons. The number of rotatable bonds is 6. The minimum atomic E-state index is -0.0339. The van der Waals surface area contributed by atoms with E-state index < -0.39 is 0 Å². The Kier molecular flexibility index (Phi) is 9.99. The van der Waals surface area contributed by atoms with Gasteiger partial charge in [0, 0.05) is 6.04 Å². The zero-order valence-corrected chi connectivity index (χ0v) is 16.3. The lowest BCUT2D eigenvalue weighted by atomic mass is 9.98. The average molecular weight is 362 g/mol. The summed E-state index contributed by atoms with van der Waals surface area (Å²) in [5.41, 5.74) is 0. The van der Waals surface area contributed by atoms with E-state index in [4.69, 9.17) is 9.47 Å².